The molecule has 1 rings (SSSR count). The normalized spacial score (nSPS) is 12.3. The molecular formula is C15H27NO2Si2. The number of amides is 1. The summed E-state index contributed by atoms with van der Waals surface area (Å²) in [6.07, 6.45) is 0. The quantitative estimate of drug-likeness (QED) is 0.850. The lowest BCUT2D eigenvalue weighted by Crippen LogP contribution is -2.43. The van der Waals surface area contributed by atoms with Crippen LogP contribution in [0.3, 0.4) is 0 Å². The predicted molar refractivity (Wildman–Crippen MR) is 92.0 cm³/mol. The number of benzene rings is 1. The molecule has 0 heterocycles. The highest BCUT2D eigenvalue weighted by Crippen LogP contribution is 2.20. The zero-order valence-electron chi connectivity index (χ0n) is 13.5. The van der Waals surface area contributed by atoms with Crippen molar-refractivity contribution in [3.05, 3.63) is 24.3 Å². The minimum Gasteiger partial charge on any atom is -0.432 e. The zero-order valence-corrected chi connectivity index (χ0v) is 15.5. The number of carbonyl (C=O) groups excluding carboxylic acids is 1. The first kappa shape index (κ1) is 17.1. The van der Waals surface area contributed by atoms with Crippen LogP contribution in [0.2, 0.25) is 38.3 Å². The summed E-state index contributed by atoms with van der Waals surface area (Å²) in [5.41, 5.74) is 0.955. The van der Waals surface area contributed by atoms with E-state index >= 15 is 0 Å². The summed E-state index contributed by atoms with van der Waals surface area (Å²) < 4.78 is 0. The van der Waals surface area contributed by atoms with Gasteiger partial charge in [-0.25, -0.2) is 0 Å². The minimum absolute atomic E-state index is 0.0468. The second-order valence-corrected chi connectivity index (χ2v) is 15.8. The Morgan fingerprint density at radius 3 is 2.30 bits per heavy atom. The van der Waals surface area contributed by atoms with Crippen molar-refractivity contribution in [1.82, 2.24) is 0 Å². The Bertz CT molecular complexity index is 481. The molecule has 1 aromatic carbocycles. The van der Waals surface area contributed by atoms with Crippen molar-refractivity contribution >= 4 is 33.2 Å². The lowest BCUT2D eigenvalue weighted by atomic mass is 10.3. The molecule has 1 N–H and O–H groups in total. The molecule has 0 spiro atoms. The van der Waals surface area contributed by atoms with Crippen LogP contribution in [0, 0.1) is 0 Å². The van der Waals surface area contributed by atoms with Gasteiger partial charge in [-0.1, -0.05) is 36.5 Å². The molecule has 0 unspecified atom stereocenters. The average molecular weight is 310 g/mol. The number of rotatable bonds is 5. The van der Waals surface area contributed by atoms with E-state index < -0.39 is 16.4 Å². The van der Waals surface area contributed by atoms with Crippen molar-refractivity contribution in [2.75, 3.05) is 11.9 Å². The first-order valence-electron chi connectivity index (χ1n) is 7.10. The van der Waals surface area contributed by atoms with E-state index in [0.717, 1.165) is 17.8 Å². The van der Waals surface area contributed by atoms with Gasteiger partial charge >= 0.3 is 0 Å². The van der Waals surface area contributed by atoms with Crippen molar-refractivity contribution < 1.29 is 9.59 Å². The third kappa shape index (κ3) is 4.88. The van der Waals surface area contributed by atoms with E-state index in [4.69, 9.17) is 0 Å². The number of hydrogen-bond donors (Lipinski definition) is 1. The maximum atomic E-state index is 11.5. The van der Waals surface area contributed by atoms with Gasteiger partial charge in [0.15, 0.2) is 8.32 Å². The Morgan fingerprint density at radius 1 is 1.20 bits per heavy atom. The molecule has 3 nitrogen and oxygen atoms in total. The largest absolute Gasteiger partial charge is 0.432 e. The highest BCUT2D eigenvalue weighted by atomic mass is 28.4. The smallest absolute Gasteiger partial charge is 0.223 e. The first-order chi connectivity index (χ1) is 9.03. The zero-order chi connectivity index (χ0) is 15.6. The van der Waals surface area contributed by atoms with E-state index in [1.165, 1.54) is 5.19 Å². The number of carbonyl (C=O) groups is 1. The van der Waals surface area contributed by atoms with E-state index in [1.54, 1.807) is 18.9 Å². The van der Waals surface area contributed by atoms with Crippen molar-refractivity contribution in [1.29, 1.82) is 0 Å². The van der Waals surface area contributed by atoms with Gasteiger partial charge in [0.05, 0.1) is 8.07 Å². The van der Waals surface area contributed by atoms with Gasteiger partial charge in [-0.15, -0.1) is 0 Å². The van der Waals surface area contributed by atoms with Crippen LogP contribution >= 0.6 is 0 Å². The molecule has 0 aliphatic heterocycles. The second-order valence-electron chi connectivity index (χ2n) is 6.82. The standard InChI is InChI=1S/C15H27NO2Si2/c1-13(17)16(2)14-8-7-9-15(12-14)19(3,4)10-11-20(5,6)18/h7-9,12,18H,10-11H2,1-6H3. The van der Waals surface area contributed by atoms with Crippen LogP contribution in [-0.4, -0.2) is 34.1 Å². The molecule has 5 heteroatoms. The third-order valence-corrected chi connectivity index (χ3v) is 9.20. The highest BCUT2D eigenvalue weighted by Gasteiger charge is 2.28. The third-order valence-electron chi connectivity index (χ3n) is 3.85. The van der Waals surface area contributed by atoms with Gasteiger partial charge in [0.2, 0.25) is 5.91 Å². The van der Waals surface area contributed by atoms with Crippen LogP contribution in [-0.2, 0) is 4.79 Å². The van der Waals surface area contributed by atoms with Crippen LogP contribution in [0.1, 0.15) is 6.92 Å². The topological polar surface area (TPSA) is 40.5 Å². The Labute approximate surface area is 124 Å². The van der Waals surface area contributed by atoms with Gasteiger partial charge in [0.25, 0.3) is 0 Å². The molecule has 112 valence electrons. The maximum absolute atomic E-state index is 11.5. The van der Waals surface area contributed by atoms with Crippen molar-refractivity contribution in [2.45, 2.75) is 45.2 Å². The molecule has 0 saturated carbocycles. The number of nitrogens with zero attached hydrogens (tertiary/aromatic N) is 1. The Kier molecular flexibility index (Phi) is 5.35. The molecular weight excluding hydrogens is 282 g/mol. The van der Waals surface area contributed by atoms with E-state index in [-0.39, 0.29) is 5.91 Å². The molecule has 0 atom stereocenters. The monoisotopic (exact) mass is 309 g/mol. The van der Waals surface area contributed by atoms with Crippen molar-refractivity contribution in [2.24, 2.45) is 0 Å². The summed E-state index contributed by atoms with van der Waals surface area (Å²) in [5, 5.41) is 1.35. The van der Waals surface area contributed by atoms with E-state index in [1.807, 2.05) is 25.2 Å². The summed E-state index contributed by atoms with van der Waals surface area (Å²) >= 11 is 0. The summed E-state index contributed by atoms with van der Waals surface area (Å²) in [7, 11) is -1.74. The van der Waals surface area contributed by atoms with Crippen LogP contribution in [0.4, 0.5) is 5.69 Å². The average Bonchev–Trinajstić information content (AvgIpc) is 2.35. The van der Waals surface area contributed by atoms with Crippen LogP contribution in [0.15, 0.2) is 24.3 Å². The van der Waals surface area contributed by atoms with Crippen molar-refractivity contribution in [3.63, 3.8) is 0 Å². The van der Waals surface area contributed by atoms with E-state index in [9.17, 15) is 9.59 Å². The molecule has 0 fully saturated rings. The lowest BCUT2D eigenvalue weighted by Gasteiger charge is -2.27. The summed E-state index contributed by atoms with van der Waals surface area (Å²) in [6.45, 7) is 10.2. The van der Waals surface area contributed by atoms with Crippen LogP contribution in [0.5, 0.6) is 0 Å². The lowest BCUT2D eigenvalue weighted by molar-refractivity contribution is -0.116. The Morgan fingerprint density at radius 2 is 1.80 bits per heavy atom. The molecule has 0 bridgehead atoms. The fourth-order valence-electron chi connectivity index (χ4n) is 2.08. The molecule has 1 aromatic rings. The molecule has 0 aliphatic carbocycles. The SMILES string of the molecule is CC(=O)N(C)c1cccc([Si](C)(C)CC[Si](C)(C)O)c1. The number of anilines is 1. The van der Waals surface area contributed by atoms with E-state index in [0.29, 0.717) is 0 Å². The molecule has 1 amide bonds. The van der Waals surface area contributed by atoms with Gasteiger partial charge < -0.3 is 9.70 Å². The highest BCUT2D eigenvalue weighted by molar-refractivity contribution is 6.91. The van der Waals surface area contributed by atoms with Gasteiger partial charge in [-0.3, -0.25) is 4.79 Å². The van der Waals surface area contributed by atoms with Crippen LogP contribution < -0.4 is 10.1 Å². The predicted octanol–water partition coefficient (Wildman–Crippen LogP) is 2.78. The van der Waals surface area contributed by atoms with Gasteiger partial charge in [0.1, 0.15) is 0 Å². The fraction of sp³-hybridized carbons (Fsp3) is 0.533. The molecule has 0 radical (unpaired) electrons. The van der Waals surface area contributed by atoms with Gasteiger partial charge in [0, 0.05) is 19.7 Å². The maximum Gasteiger partial charge on any atom is 0.223 e. The van der Waals surface area contributed by atoms with Gasteiger partial charge in [-0.2, -0.15) is 0 Å². The second kappa shape index (κ2) is 6.24. The minimum atomic E-state index is -1.98. The molecule has 0 aliphatic rings. The molecule has 20 heavy (non-hydrogen) atoms. The first-order valence-corrected chi connectivity index (χ1v) is 13.5. The summed E-state index contributed by atoms with van der Waals surface area (Å²) in [4.78, 5) is 23.2. The van der Waals surface area contributed by atoms with Gasteiger partial charge in [-0.05, 0) is 31.3 Å². The fourth-order valence-corrected chi connectivity index (χ4v) is 8.40. The number of hydrogen-bond acceptors (Lipinski definition) is 2. The van der Waals surface area contributed by atoms with Crippen molar-refractivity contribution in [3.8, 4) is 0 Å². The Hall–Kier alpha value is -0.916. The molecule has 0 aromatic heterocycles. The summed E-state index contributed by atoms with van der Waals surface area (Å²) in [5.74, 6) is 0.0468. The summed E-state index contributed by atoms with van der Waals surface area (Å²) in [6, 6.07) is 10.3. The Balaban J connectivity index is 2.95. The van der Waals surface area contributed by atoms with E-state index in [2.05, 4.69) is 25.2 Å². The van der Waals surface area contributed by atoms with Crippen LogP contribution in [0.25, 0.3) is 0 Å². The molecule has 0 saturated heterocycles.